The number of phenols is 1. The molecular formula is C119H115N11O14S2. The lowest BCUT2D eigenvalue weighted by molar-refractivity contribution is -0.114. The molecule has 0 unspecified atom stereocenters. The zero-order valence-corrected chi connectivity index (χ0v) is 86.7. The number of hydrogen-bond donors (Lipinski definition) is 6. The number of para-hydroxylation sites is 4. The van der Waals surface area contributed by atoms with Crippen LogP contribution in [0.4, 0.5) is 34.1 Å². The highest BCUT2D eigenvalue weighted by molar-refractivity contribution is 7.92. The number of rotatable bonds is 21. The number of sulfonamides is 2. The van der Waals surface area contributed by atoms with Crippen molar-refractivity contribution in [3.63, 3.8) is 0 Å². The van der Waals surface area contributed by atoms with Gasteiger partial charge in [-0.05, 0) is 160 Å². The van der Waals surface area contributed by atoms with E-state index in [-0.39, 0.29) is 90.5 Å². The maximum atomic E-state index is 14.6. The summed E-state index contributed by atoms with van der Waals surface area (Å²) in [5.74, 6) is 2.07. The van der Waals surface area contributed by atoms with Gasteiger partial charge in [-0.15, -0.1) is 0 Å². The number of anilines is 6. The Bertz CT molecular complexity index is 8190. The molecule has 17 aromatic rings. The molecule has 3 aliphatic rings. The maximum absolute atomic E-state index is 14.6. The van der Waals surface area contributed by atoms with E-state index in [9.17, 15) is 45.9 Å². The number of ketones is 3. The molecule has 3 aliphatic carbocycles. The zero-order chi connectivity index (χ0) is 105. The van der Waals surface area contributed by atoms with E-state index in [0.29, 0.717) is 163 Å². The van der Waals surface area contributed by atoms with Gasteiger partial charge in [0.25, 0.3) is 15.9 Å². The summed E-state index contributed by atoms with van der Waals surface area (Å²) in [6, 6.07) is 84.0. The molecule has 0 spiro atoms. The van der Waals surface area contributed by atoms with Crippen LogP contribution in [0.15, 0.2) is 290 Å². The molecule has 0 aliphatic heterocycles. The fourth-order valence-electron chi connectivity index (χ4n) is 18.2. The predicted octanol–water partition coefficient (Wildman–Crippen LogP) is 27.8. The summed E-state index contributed by atoms with van der Waals surface area (Å²) >= 11 is 0. The number of aryl methyl sites for hydroxylation is 3. The van der Waals surface area contributed by atoms with Crippen LogP contribution >= 0.6 is 0 Å². The standard InChI is InChI=1S/C46H46N4O4.C34H23N3O5S.C33H28N4O5S.3C2H6/c1-26-13-12-14-27(2)40(26)48-36-24-37(54-30-19-17-29(18-20-30)46(7,8)25-45(4,5)6)42-39-38(36)43(52)33-16-11-10-15-32(33)41(39)49-44(50-42)34-22-21-31(53-9)23-35(34)47-28(3)51;1-20-15-17-22(18-16-20)43(40,41)37-26-19-28(42-21-9-3-2-4-10-21)32-30-29(26)33(39)24-12-6-5-11-23(24)31(30)35-34(36-32)25-13-7-8-14-27(25)38;1-33(2,3)42-25-18-24(34-32(39)19-12-6-5-7-13-19)26-27-28(20-14-8-9-15-21(20)30(26)38)35-31(36-29(25)27)22-16-10-11-17-23(22)37-43(4,40)41;3*1-2/h10-24,48H,25H2,1-9H3,(H,47,51);2-19,37-38H,1H3;5-18,37H,1-4H3,(H,34,39);3*1-2H3. The molecule has 742 valence electrons. The van der Waals surface area contributed by atoms with E-state index in [1.54, 1.807) is 159 Å². The van der Waals surface area contributed by atoms with E-state index in [1.807, 2.05) is 186 Å². The van der Waals surface area contributed by atoms with Crippen LogP contribution in [0, 0.1) is 26.2 Å². The van der Waals surface area contributed by atoms with Crippen LogP contribution in [0.1, 0.15) is 191 Å². The van der Waals surface area contributed by atoms with Gasteiger partial charge in [-0.25, -0.2) is 46.7 Å². The molecule has 0 saturated carbocycles. The SMILES string of the molecule is CC.CC.CC.CC(C)(C)Oc1cc(NC(=O)c2ccccc2)c2c3c(nc(-c4ccccc4NS(C)(=O)=O)nc13)-c1ccccc1C2=O.COc1ccc(-c2nc3c4c(c(Nc5c(C)cccc5C)cc(Oc5ccc(C(C)(C)CC(C)(C)C)cc5)c4n2)C(=O)c2ccccc2-3)c(NC(C)=O)c1.Cc1ccc(S(=O)(=O)Nc2cc(Oc3ccccc3)c3nc(-c4ccccc4O)nc4c3c2C(=O)c2ccccc2-4)cc1. The predicted molar refractivity (Wildman–Crippen MR) is 583 cm³/mol. The topological polar surface area (TPSA) is 348 Å². The third-order valence-corrected chi connectivity index (χ3v) is 26.0. The number of fused-ring (bicyclic) bond motifs is 6. The van der Waals surface area contributed by atoms with E-state index >= 15 is 0 Å². The normalized spacial score (nSPS) is 12.0. The number of carbonyl (C=O) groups is 5. The van der Waals surface area contributed by atoms with Crippen molar-refractivity contribution in [2.24, 2.45) is 5.41 Å². The van der Waals surface area contributed by atoms with E-state index < -0.39 is 25.6 Å². The van der Waals surface area contributed by atoms with Gasteiger partial charge in [0.1, 0.15) is 50.9 Å². The van der Waals surface area contributed by atoms with Gasteiger partial charge in [-0.1, -0.05) is 258 Å². The molecule has 0 saturated heterocycles. The molecule has 0 fully saturated rings. The Hall–Kier alpha value is -16.7. The van der Waals surface area contributed by atoms with Crippen LogP contribution in [0.25, 0.3) is 101 Å². The van der Waals surface area contributed by atoms with Crippen LogP contribution in [0.2, 0.25) is 0 Å². The van der Waals surface area contributed by atoms with Crippen molar-refractivity contribution in [2.75, 3.05) is 38.8 Å². The number of nitrogens with one attached hydrogen (secondary N) is 5. The Morgan fingerprint density at radius 1 is 0.390 bits per heavy atom. The molecule has 25 nitrogen and oxygen atoms in total. The number of benzene rings is 14. The monoisotopic (exact) mass is 1990 g/mol. The summed E-state index contributed by atoms with van der Waals surface area (Å²) in [4.78, 5) is 98.2. The first-order valence-electron chi connectivity index (χ1n) is 48.2. The van der Waals surface area contributed by atoms with Gasteiger partial charge in [0, 0.05) is 103 Å². The van der Waals surface area contributed by atoms with Crippen LogP contribution in [-0.4, -0.2) is 100.0 Å². The first kappa shape index (κ1) is 104. The zero-order valence-electron chi connectivity index (χ0n) is 85.1. The minimum absolute atomic E-state index is 0.0116. The van der Waals surface area contributed by atoms with Gasteiger partial charge in [-0.2, -0.15) is 0 Å². The minimum Gasteiger partial charge on any atom is -0.507 e. The van der Waals surface area contributed by atoms with Crippen LogP contribution in [0.5, 0.6) is 40.2 Å². The number of methoxy groups -OCH3 is 1. The number of phenolic OH excluding ortho intramolecular Hbond substituents is 1. The maximum Gasteiger partial charge on any atom is 0.261 e. The van der Waals surface area contributed by atoms with Crippen molar-refractivity contribution in [2.45, 2.75) is 147 Å². The Balaban J connectivity index is 0.000000161. The highest BCUT2D eigenvalue weighted by Crippen LogP contribution is 2.53. The number of amides is 2. The Kier molecular flexibility index (Phi) is 30.4. The molecule has 2 amide bonds. The van der Waals surface area contributed by atoms with Crippen molar-refractivity contribution < 1.29 is 64.9 Å². The first-order chi connectivity index (χ1) is 69.8. The summed E-state index contributed by atoms with van der Waals surface area (Å²) in [5.41, 5.74) is 14.8. The van der Waals surface area contributed by atoms with E-state index in [1.165, 1.54) is 30.7 Å². The third-order valence-electron chi connectivity index (χ3n) is 24.0. The fourth-order valence-corrected chi connectivity index (χ4v) is 19.8. The summed E-state index contributed by atoms with van der Waals surface area (Å²) in [6.07, 6.45) is 2.09. The summed E-state index contributed by atoms with van der Waals surface area (Å²) in [6.45, 7) is 36.4. The van der Waals surface area contributed by atoms with E-state index in [2.05, 4.69) is 72.1 Å². The summed E-state index contributed by atoms with van der Waals surface area (Å²) in [7, 11) is -6.13. The van der Waals surface area contributed by atoms with Gasteiger partial charge in [0.15, 0.2) is 46.3 Å². The van der Waals surface area contributed by atoms with Crippen LogP contribution in [0.3, 0.4) is 0 Å². The average molecular weight is 1990 g/mol. The van der Waals surface area contributed by atoms with Crippen LogP contribution < -0.4 is 44.3 Å². The Labute approximate surface area is 850 Å². The van der Waals surface area contributed by atoms with Crippen molar-refractivity contribution >= 4 is 116 Å². The van der Waals surface area contributed by atoms with Gasteiger partial charge < -0.3 is 40.0 Å². The van der Waals surface area contributed by atoms with Crippen molar-refractivity contribution in [3.8, 4) is 108 Å². The molecule has 0 bridgehead atoms. The molecule has 0 radical (unpaired) electrons. The quantitative estimate of drug-likeness (QED) is 0.0389. The minimum atomic E-state index is -4.10. The van der Waals surface area contributed by atoms with Gasteiger partial charge in [-0.3, -0.25) is 33.4 Å². The molecule has 27 heteroatoms. The second-order valence-electron chi connectivity index (χ2n) is 37.4. The second kappa shape index (κ2) is 42.9. The van der Waals surface area contributed by atoms with Crippen LogP contribution in [-0.2, 0) is 30.3 Å². The molecule has 20 rings (SSSR count). The largest absolute Gasteiger partial charge is 0.507 e. The van der Waals surface area contributed by atoms with Gasteiger partial charge in [0.05, 0.1) is 86.0 Å². The number of ether oxygens (including phenoxy) is 4. The lowest BCUT2D eigenvalue weighted by atomic mass is 9.72. The van der Waals surface area contributed by atoms with Crippen molar-refractivity contribution in [1.29, 1.82) is 0 Å². The lowest BCUT2D eigenvalue weighted by Crippen LogP contribution is -2.24. The smallest absolute Gasteiger partial charge is 0.261 e. The number of carbonyl (C=O) groups excluding carboxylic acids is 5. The summed E-state index contributed by atoms with van der Waals surface area (Å²) in [5, 5.41) is 21.5. The Morgan fingerprint density at radius 3 is 1.28 bits per heavy atom. The Morgan fingerprint density at radius 2 is 0.801 bits per heavy atom. The average Bonchev–Trinajstić information content (AvgIpc) is 0.721. The van der Waals surface area contributed by atoms with Gasteiger partial charge >= 0.3 is 0 Å². The molecule has 3 heterocycles. The second-order valence-corrected chi connectivity index (χ2v) is 40.8. The van der Waals surface area contributed by atoms with E-state index in [4.69, 9.17) is 48.9 Å². The highest BCUT2D eigenvalue weighted by Gasteiger charge is 2.39. The molecule has 3 aromatic heterocycles. The lowest BCUT2D eigenvalue weighted by Gasteiger charge is -2.33. The molecule has 6 N–H and O–H groups in total. The fraction of sp³-hybridized carbons (Fsp3) is 0.202. The molecule has 0 atom stereocenters. The number of aromatic nitrogens is 6. The summed E-state index contributed by atoms with van der Waals surface area (Å²) < 4.78 is 81.7. The van der Waals surface area contributed by atoms with Gasteiger partial charge in [0.2, 0.25) is 15.9 Å². The number of nitrogens with zero attached hydrogens (tertiary/aromatic N) is 6. The first-order valence-corrected chi connectivity index (χ1v) is 51.6. The van der Waals surface area contributed by atoms with Crippen molar-refractivity contribution in [3.05, 3.63) is 346 Å². The third kappa shape index (κ3) is 21.9. The number of aromatic hydroxyl groups is 1. The molecular weight excluding hydrogens is 1870 g/mol. The van der Waals surface area contributed by atoms with E-state index in [0.717, 1.165) is 35.1 Å². The number of hydrogen-bond acceptors (Lipinski definition) is 21. The molecule has 146 heavy (non-hydrogen) atoms. The molecule has 14 aromatic carbocycles. The van der Waals surface area contributed by atoms with Crippen molar-refractivity contribution in [1.82, 2.24) is 29.9 Å². The highest BCUT2D eigenvalue weighted by atomic mass is 32.2.